The molecule has 0 aliphatic carbocycles. The number of hydrogen-bond acceptors (Lipinski definition) is 3. The van der Waals surface area contributed by atoms with E-state index in [4.69, 9.17) is 11.6 Å². The number of halogens is 1. The summed E-state index contributed by atoms with van der Waals surface area (Å²) in [4.78, 5) is 29.6. The van der Waals surface area contributed by atoms with E-state index in [0.29, 0.717) is 28.7 Å². The number of amides is 3. The molecule has 6 nitrogen and oxygen atoms in total. The molecule has 0 bridgehead atoms. The summed E-state index contributed by atoms with van der Waals surface area (Å²) < 4.78 is 0. The summed E-state index contributed by atoms with van der Waals surface area (Å²) in [7, 11) is 0. The van der Waals surface area contributed by atoms with Crippen LogP contribution in [0.5, 0.6) is 0 Å². The number of nitrogens with zero attached hydrogens (tertiary/aromatic N) is 2. The van der Waals surface area contributed by atoms with Gasteiger partial charge in [0.2, 0.25) is 0 Å². The Morgan fingerprint density at radius 3 is 2.21 bits per heavy atom. The number of carbonyl (C=O) groups excluding carboxylic acids is 2. The second kappa shape index (κ2) is 11.7. The van der Waals surface area contributed by atoms with Crippen LogP contribution in [0.15, 0.2) is 48.5 Å². The summed E-state index contributed by atoms with van der Waals surface area (Å²) in [5.41, 5.74) is 2.24. The van der Waals surface area contributed by atoms with Crippen molar-refractivity contribution in [3.05, 3.63) is 64.7 Å². The van der Waals surface area contributed by atoms with Gasteiger partial charge in [0.05, 0.1) is 0 Å². The van der Waals surface area contributed by atoms with E-state index in [2.05, 4.69) is 22.5 Å². The fraction of sp³-hybridized carbons (Fsp3) is 0.481. The number of likely N-dealkylation sites (tertiary alicyclic amines) is 2. The first-order valence-electron chi connectivity index (χ1n) is 12.4. The van der Waals surface area contributed by atoms with E-state index >= 15 is 0 Å². The molecule has 3 amide bonds. The van der Waals surface area contributed by atoms with Gasteiger partial charge in [0.1, 0.15) is 0 Å². The lowest BCUT2D eigenvalue weighted by Crippen LogP contribution is -2.44. The fourth-order valence-electron chi connectivity index (χ4n) is 4.72. The summed E-state index contributed by atoms with van der Waals surface area (Å²) in [5.74, 6) is 1.39. The molecule has 2 aliphatic rings. The minimum absolute atomic E-state index is 0.0646. The number of anilines is 1. The van der Waals surface area contributed by atoms with Gasteiger partial charge in [-0.1, -0.05) is 30.7 Å². The van der Waals surface area contributed by atoms with Gasteiger partial charge in [0.15, 0.2) is 0 Å². The molecule has 182 valence electrons. The Balaban J connectivity index is 1.19. The van der Waals surface area contributed by atoms with Crippen molar-refractivity contribution in [3.8, 4) is 0 Å². The first-order valence-corrected chi connectivity index (χ1v) is 12.7. The molecular weight excluding hydrogens is 448 g/mol. The van der Waals surface area contributed by atoms with E-state index in [-0.39, 0.29) is 11.9 Å². The molecule has 0 saturated carbocycles. The SMILES string of the molecule is CC1CCN(CC2CCN(C(=O)Nc3ccc(C(=O)NCc4ccc(Cl)cc4)cc3)CC2)CC1. The van der Waals surface area contributed by atoms with Crippen molar-refractivity contribution >= 4 is 29.2 Å². The number of piperidine rings is 2. The number of nitrogens with one attached hydrogen (secondary N) is 2. The van der Waals surface area contributed by atoms with Gasteiger partial charge < -0.3 is 20.4 Å². The number of carbonyl (C=O) groups is 2. The van der Waals surface area contributed by atoms with Crippen LogP contribution in [0.25, 0.3) is 0 Å². The van der Waals surface area contributed by atoms with Gasteiger partial charge in [-0.15, -0.1) is 0 Å². The highest BCUT2D eigenvalue weighted by Crippen LogP contribution is 2.23. The maximum absolute atomic E-state index is 12.7. The third-order valence-electron chi connectivity index (χ3n) is 7.06. The van der Waals surface area contributed by atoms with Gasteiger partial charge in [0, 0.05) is 42.5 Å². The Labute approximate surface area is 207 Å². The average Bonchev–Trinajstić information content (AvgIpc) is 2.86. The summed E-state index contributed by atoms with van der Waals surface area (Å²) in [6.45, 7) is 7.98. The van der Waals surface area contributed by atoms with Crippen LogP contribution in [0.1, 0.15) is 48.5 Å². The smallest absolute Gasteiger partial charge is 0.321 e. The molecule has 2 N–H and O–H groups in total. The molecule has 0 unspecified atom stereocenters. The van der Waals surface area contributed by atoms with Gasteiger partial charge in [-0.3, -0.25) is 4.79 Å². The lowest BCUT2D eigenvalue weighted by molar-refractivity contribution is 0.0951. The van der Waals surface area contributed by atoms with E-state index in [1.54, 1.807) is 36.4 Å². The highest BCUT2D eigenvalue weighted by atomic mass is 35.5. The highest BCUT2D eigenvalue weighted by Gasteiger charge is 2.25. The summed E-state index contributed by atoms with van der Waals surface area (Å²) >= 11 is 5.89. The number of rotatable bonds is 6. The van der Waals surface area contributed by atoms with E-state index in [1.165, 1.54) is 32.5 Å². The quantitative estimate of drug-likeness (QED) is 0.591. The normalized spacial score (nSPS) is 18.0. The van der Waals surface area contributed by atoms with Gasteiger partial charge in [0.25, 0.3) is 5.91 Å². The second-order valence-corrected chi connectivity index (χ2v) is 10.2. The van der Waals surface area contributed by atoms with Crippen LogP contribution in [0.2, 0.25) is 5.02 Å². The van der Waals surface area contributed by atoms with E-state index in [0.717, 1.165) is 37.4 Å². The van der Waals surface area contributed by atoms with Crippen molar-refractivity contribution in [3.63, 3.8) is 0 Å². The van der Waals surface area contributed by atoms with Crippen LogP contribution in [-0.2, 0) is 6.54 Å². The van der Waals surface area contributed by atoms with Crippen LogP contribution in [0, 0.1) is 11.8 Å². The van der Waals surface area contributed by atoms with Gasteiger partial charge in [-0.05, 0) is 92.6 Å². The molecular formula is C27H35ClN4O2. The molecule has 0 radical (unpaired) electrons. The van der Waals surface area contributed by atoms with Crippen LogP contribution in [0.4, 0.5) is 10.5 Å². The lowest BCUT2D eigenvalue weighted by atomic mass is 9.93. The largest absolute Gasteiger partial charge is 0.348 e. The van der Waals surface area contributed by atoms with Crippen molar-refractivity contribution in [2.24, 2.45) is 11.8 Å². The molecule has 2 saturated heterocycles. The van der Waals surface area contributed by atoms with E-state index in [9.17, 15) is 9.59 Å². The van der Waals surface area contributed by atoms with Crippen LogP contribution in [0.3, 0.4) is 0 Å². The Morgan fingerprint density at radius 2 is 1.56 bits per heavy atom. The maximum atomic E-state index is 12.7. The summed E-state index contributed by atoms with van der Waals surface area (Å²) in [5, 5.41) is 6.55. The highest BCUT2D eigenvalue weighted by molar-refractivity contribution is 6.30. The Morgan fingerprint density at radius 1 is 0.912 bits per heavy atom. The third kappa shape index (κ3) is 6.97. The number of benzene rings is 2. The molecule has 2 aromatic carbocycles. The first kappa shape index (κ1) is 24.6. The van der Waals surface area contributed by atoms with Crippen molar-refractivity contribution in [2.75, 3.05) is 38.0 Å². The topological polar surface area (TPSA) is 64.7 Å². The van der Waals surface area contributed by atoms with Crippen LogP contribution >= 0.6 is 11.6 Å². The van der Waals surface area contributed by atoms with Crippen LogP contribution < -0.4 is 10.6 Å². The monoisotopic (exact) mass is 482 g/mol. The zero-order valence-electron chi connectivity index (χ0n) is 19.9. The molecule has 2 heterocycles. The van der Waals surface area contributed by atoms with Gasteiger partial charge in [-0.25, -0.2) is 4.79 Å². The molecule has 7 heteroatoms. The number of hydrogen-bond donors (Lipinski definition) is 2. The van der Waals surface area contributed by atoms with Gasteiger partial charge >= 0.3 is 6.03 Å². The van der Waals surface area contributed by atoms with Crippen molar-refractivity contribution in [1.29, 1.82) is 0 Å². The van der Waals surface area contributed by atoms with Gasteiger partial charge in [-0.2, -0.15) is 0 Å². The fourth-order valence-corrected chi connectivity index (χ4v) is 4.85. The zero-order chi connectivity index (χ0) is 23.9. The van der Waals surface area contributed by atoms with Crippen molar-refractivity contribution in [2.45, 2.75) is 39.2 Å². The minimum Gasteiger partial charge on any atom is -0.348 e. The molecule has 0 spiro atoms. The predicted molar refractivity (Wildman–Crippen MR) is 137 cm³/mol. The molecule has 34 heavy (non-hydrogen) atoms. The predicted octanol–water partition coefficient (Wildman–Crippen LogP) is 5.25. The van der Waals surface area contributed by atoms with Crippen LogP contribution in [-0.4, -0.2) is 54.5 Å². The molecule has 2 aliphatic heterocycles. The molecule has 2 aromatic rings. The molecule has 2 fully saturated rings. The number of urea groups is 1. The summed E-state index contributed by atoms with van der Waals surface area (Å²) in [6, 6.07) is 14.3. The van der Waals surface area contributed by atoms with Crippen molar-refractivity contribution in [1.82, 2.24) is 15.1 Å². The Kier molecular flexibility index (Phi) is 8.46. The third-order valence-corrected chi connectivity index (χ3v) is 7.31. The second-order valence-electron chi connectivity index (χ2n) is 9.73. The maximum Gasteiger partial charge on any atom is 0.321 e. The zero-order valence-corrected chi connectivity index (χ0v) is 20.7. The summed E-state index contributed by atoms with van der Waals surface area (Å²) in [6.07, 6.45) is 4.74. The Hall–Kier alpha value is -2.57. The minimum atomic E-state index is -0.155. The first-order chi connectivity index (χ1) is 16.5. The molecule has 0 atom stereocenters. The van der Waals surface area contributed by atoms with Crippen molar-refractivity contribution < 1.29 is 9.59 Å². The molecule has 4 rings (SSSR count). The van der Waals surface area contributed by atoms with E-state index in [1.807, 2.05) is 17.0 Å². The average molecular weight is 483 g/mol. The Bertz CT molecular complexity index is 948. The lowest BCUT2D eigenvalue weighted by Gasteiger charge is -2.37. The molecule has 0 aromatic heterocycles. The standard InChI is InChI=1S/C27H35ClN4O2/c1-20-10-14-31(15-11-20)19-22-12-16-32(17-13-22)27(34)30-25-8-4-23(5-9-25)26(33)29-18-21-2-6-24(28)7-3-21/h2-9,20,22H,10-19H2,1H3,(H,29,33)(H,30,34). The van der Waals surface area contributed by atoms with E-state index < -0.39 is 0 Å².